The first-order valence-corrected chi connectivity index (χ1v) is 4.83. The first kappa shape index (κ1) is 16.1. The average molecular weight is 275 g/mol. The number of hydrazone groups is 1. The van der Waals surface area contributed by atoms with Crippen molar-refractivity contribution in [2.45, 2.75) is 19.9 Å². The summed E-state index contributed by atoms with van der Waals surface area (Å²) < 4.78 is 0. The van der Waals surface area contributed by atoms with Gasteiger partial charge in [0.1, 0.15) is 0 Å². The number of nitrogens with one attached hydrogen (secondary N) is 3. The van der Waals surface area contributed by atoms with Gasteiger partial charge in [-0.2, -0.15) is 5.10 Å². The number of rotatable bonds is 3. The monoisotopic (exact) mass is 274 g/mol. The van der Waals surface area contributed by atoms with Crippen molar-refractivity contribution >= 4 is 12.1 Å². The highest BCUT2D eigenvalue weighted by atomic mass is 35.5. The van der Waals surface area contributed by atoms with E-state index in [2.05, 4.69) is 15.5 Å². The van der Waals surface area contributed by atoms with Crippen molar-refractivity contribution in [3.8, 4) is 0 Å². The van der Waals surface area contributed by atoms with Crippen molar-refractivity contribution in [3.05, 3.63) is 32.1 Å². The maximum atomic E-state index is 11.4. The van der Waals surface area contributed by atoms with E-state index in [0.717, 1.165) is 6.21 Å². The summed E-state index contributed by atoms with van der Waals surface area (Å²) in [5.41, 5.74) is 6.80. The van der Waals surface area contributed by atoms with E-state index in [1.165, 1.54) is 6.92 Å². The minimum atomic E-state index is -0.692. The van der Waals surface area contributed by atoms with Gasteiger partial charge in [0.2, 0.25) is 0 Å². The Hall–Kier alpha value is -1.93. The van der Waals surface area contributed by atoms with Crippen molar-refractivity contribution in [1.29, 1.82) is 0 Å². The summed E-state index contributed by atoms with van der Waals surface area (Å²) in [6.45, 7) is 3.05. The number of carbonyl (C=O) groups excluding carboxylic acids is 1. The molecule has 0 fully saturated rings. The number of carbonyl (C=O) groups is 1. The molecular weight excluding hydrogens is 262 g/mol. The van der Waals surface area contributed by atoms with E-state index in [-0.39, 0.29) is 18.0 Å². The van der Waals surface area contributed by atoms with Gasteiger partial charge in [0.15, 0.2) is 0 Å². The molecule has 8 nitrogen and oxygen atoms in total. The summed E-state index contributed by atoms with van der Waals surface area (Å²) in [4.78, 5) is 37.8. The molecular formula is C9H13ClN5O3-. The number of halogens is 1. The molecule has 9 heteroatoms. The zero-order valence-corrected chi connectivity index (χ0v) is 10.5. The van der Waals surface area contributed by atoms with Gasteiger partial charge >= 0.3 is 5.69 Å². The van der Waals surface area contributed by atoms with Crippen molar-refractivity contribution < 1.29 is 17.2 Å². The van der Waals surface area contributed by atoms with Crippen LogP contribution < -0.4 is 34.8 Å². The average Bonchev–Trinajstić information content (AvgIpc) is 2.21. The number of nitrogens with zero attached hydrogens (tertiary/aromatic N) is 1. The van der Waals surface area contributed by atoms with E-state index in [1.54, 1.807) is 6.92 Å². The molecule has 0 aliphatic carbocycles. The summed E-state index contributed by atoms with van der Waals surface area (Å²) in [7, 11) is 0. The van der Waals surface area contributed by atoms with Crippen molar-refractivity contribution in [2.24, 2.45) is 10.8 Å². The first-order chi connectivity index (χ1) is 7.91. The van der Waals surface area contributed by atoms with Gasteiger partial charge in [-0.1, -0.05) is 0 Å². The van der Waals surface area contributed by atoms with Crippen molar-refractivity contribution in [2.75, 3.05) is 0 Å². The molecule has 1 amide bonds. The van der Waals surface area contributed by atoms with Gasteiger partial charge in [-0.05, 0) is 13.8 Å². The quantitative estimate of drug-likeness (QED) is 0.325. The summed E-state index contributed by atoms with van der Waals surface area (Å²) in [6, 6.07) is -0.692. The molecule has 1 atom stereocenters. The Kier molecular flexibility index (Phi) is 6.00. The Morgan fingerprint density at radius 2 is 2.06 bits per heavy atom. The third-order valence-corrected chi connectivity index (χ3v) is 1.96. The van der Waals surface area contributed by atoms with Crippen LogP contribution in [-0.2, 0) is 4.79 Å². The fourth-order valence-electron chi connectivity index (χ4n) is 1.03. The fourth-order valence-corrected chi connectivity index (χ4v) is 1.03. The molecule has 0 radical (unpaired) electrons. The molecule has 0 aliphatic rings. The van der Waals surface area contributed by atoms with Crippen LogP contribution >= 0.6 is 0 Å². The van der Waals surface area contributed by atoms with Gasteiger partial charge in [0, 0.05) is 5.69 Å². The normalized spacial score (nSPS) is 11.9. The number of nitrogens with two attached hydrogens (primary N) is 1. The molecule has 0 saturated carbocycles. The molecule has 1 aromatic rings. The molecule has 5 N–H and O–H groups in total. The molecule has 0 unspecified atom stereocenters. The van der Waals surface area contributed by atoms with E-state index in [0.29, 0.717) is 5.69 Å². The molecule has 18 heavy (non-hydrogen) atoms. The van der Waals surface area contributed by atoms with E-state index in [9.17, 15) is 14.4 Å². The second kappa shape index (κ2) is 6.72. The Bertz CT molecular complexity index is 560. The van der Waals surface area contributed by atoms with Crippen molar-refractivity contribution in [3.63, 3.8) is 0 Å². The number of hydrogen-bond acceptors (Lipinski definition) is 5. The zero-order valence-electron chi connectivity index (χ0n) is 9.78. The van der Waals surface area contributed by atoms with E-state index in [1.807, 2.05) is 4.98 Å². The van der Waals surface area contributed by atoms with Crippen LogP contribution in [-0.4, -0.2) is 28.1 Å². The Morgan fingerprint density at radius 1 is 1.44 bits per heavy atom. The van der Waals surface area contributed by atoms with E-state index >= 15 is 0 Å². The smallest absolute Gasteiger partial charge is 0.325 e. The minimum Gasteiger partial charge on any atom is -1.00 e. The topological polar surface area (TPSA) is 133 Å². The standard InChI is InChI=1S/C9H13N5O3.ClH/c1-4(10)7(15)14-11-3-6-5(2)12-9(17)13-8(6)16;/h3-4H,10H2,1-2H3,(H,14,15)(H2,12,13,16,17);1H/p-1/t4-;/m0./s1. The van der Waals surface area contributed by atoms with Crippen LogP contribution in [0.2, 0.25) is 0 Å². The maximum Gasteiger partial charge on any atom is 0.325 e. The molecule has 1 aromatic heterocycles. The number of amides is 1. The molecule has 0 spiro atoms. The Balaban J connectivity index is 0.00000289. The number of hydrogen-bond donors (Lipinski definition) is 4. The summed E-state index contributed by atoms with van der Waals surface area (Å²) >= 11 is 0. The Labute approximate surface area is 108 Å². The number of aryl methyl sites for hydroxylation is 1. The van der Waals surface area contributed by atoms with Gasteiger partial charge in [0.05, 0.1) is 17.8 Å². The third kappa shape index (κ3) is 4.15. The molecule has 1 heterocycles. The molecule has 100 valence electrons. The van der Waals surface area contributed by atoms with Gasteiger partial charge in [-0.3, -0.25) is 14.6 Å². The lowest BCUT2D eigenvalue weighted by molar-refractivity contribution is -0.121. The number of aromatic nitrogens is 2. The second-order valence-electron chi connectivity index (χ2n) is 3.47. The van der Waals surface area contributed by atoms with E-state index < -0.39 is 23.2 Å². The van der Waals surface area contributed by atoms with Crippen LogP contribution in [0, 0.1) is 6.92 Å². The van der Waals surface area contributed by atoms with Crippen molar-refractivity contribution in [1.82, 2.24) is 15.4 Å². The van der Waals surface area contributed by atoms with Crippen LogP contribution in [0.3, 0.4) is 0 Å². The molecule has 0 aliphatic heterocycles. The van der Waals surface area contributed by atoms with Gasteiger partial charge in [0.25, 0.3) is 11.5 Å². The molecule has 0 aromatic carbocycles. The summed E-state index contributed by atoms with van der Waals surface area (Å²) in [6.07, 6.45) is 1.14. The van der Waals surface area contributed by atoms with Gasteiger partial charge in [-0.15, -0.1) is 0 Å². The van der Waals surface area contributed by atoms with Crippen LogP contribution in [0.25, 0.3) is 0 Å². The predicted octanol–water partition coefficient (Wildman–Crippen LogP) is -4.83. The number of aromatic amines is 2. The Morgan fingerprint density at radius 3 is 2.56 bits per heavy atom. The first-order valence-electron chi connectivity index (χ1n) is 4.83. The summed E-state index contributed by atoms with van der Waals surface area (Å²) in [5.74, 6) is -0.472. The highest BCUT2D eigenvalue weighted by molar-refractivity contribution is 5.84. The molecule has 1 rings (SSSR count). The van der Waals surface area contributed by atoms with Crippen LogP contribution in [0.5, 0.6) is 0 Å². The lowest BCUT2D eigenvalue weighted by Crippen LogP contribution is -3.00. The zero-order chi connectivity index (χ0) is 13.0. The molecule has 0 saturated heterocycles. The minimum absolute atomic E-state index is 0. The maximum absolute atomic E-state index is 11.4. The highest BCUT2D eigenvalue weighted by Gasteiger charge is 2.05. The third-order valence-electron chi connectivity index (χ3n) is 1.96. The van der Waals surface area contributed by atoms with Crippen LogP contribution in [0.15, 0.2) is 14.7 Å². The lowest BCUT2D eigenvalue weighted by atomic mass is 10.2. The fraction of sp³-hybridized carbons (Fsp3) is 0.333. The van der Waals surface area contributed by atoms with Gasteiger partial charge < -0.3 is 23.1 Å². The highest BCUT2D eigenvalue weighted by Crippen LogP contribution is 1.89. The van der Waals surface area contributed by atoms with Crippen LogP contribution in [0.1, 0.15) is 18.2 Å². The second-order valence-corrected chi connectivity index (χ2v) is 3.47. The SMILES string of the molecule is Cc1[nH]c(=O)[nH]c(=O)c1C=NNC(=O)[C@H](C)N.[Cl-]. The van der Waals surface area contributed by atoms with Crippen LogP contribution in [0.4, 0.5) is 0 Å². The predicted molar refractivity (Wildman–Crippen MR) is 61.8 cm³/mol. The number of H-pyrrole nitrogens is 2. The van der Waals surface area contributed by atoms with Gasteiger partial charge in [-0.25, -0.2) is 10.2 Å². The summed E-state index contributed by atoms with van der Waals surface area (Å²) in [5, 5.41) is 3.57. The van der Waals surface area contributed by atoms with E-state index in [4.69, 9.17) is 5.73 Å². The molecule has 0 bridgehead atoms. The lowest BCUT2D eigenvalue weighted by Gasteiger charge is -2.02. The largest absolute Gasteiger partial charge is 1.00 e.